The number of benzene rings is 1. The summed E-state index contributed by atoms with van der Waals surface area (Å²) in [6.07, 6.45) is 5.56. The van der Waals surface area contributed by atoms with Gasteiger partial charge < -0.3 is 10.6 Å². The normalized spacial score (nSPS) is 17.0. The minimum Gasteiger partial charge on any atom is -0.354 e. The molecule has 1 aliphatic rings. The molecule has 4 nitrogen and oxygen atoms in total. The van der Waals surface area contributed by atoms with Gasteiger partial charge in [0.2, 0.25) is 5.95 Å². The first-order valence-electron chi connectivity index (χ1n) is 8.50. The van der Waals surface area contributed by atoms with Gasteiger partial charge in [-0.15, -0.1) is 0 Å². The van der Waals surface area contributed by atoms with Crippen LogP contribution in [0.2, 0.25) is 0 Å². The van der Waals surface area contributed by atoms with E-state index in [2.05, 4.69) is 41.6 Å². The molecular formula is C19H26N4. The van der Waals surface area contributed by atoms with E-state index >= 15 is 0 Å². The molecule has 4 heteroatoms. The topological polar surface area (TPSA) is 49.8 Å². The zero-order valence-electron chi connectivity index (χ0n) is 14.1. The fraction of sp³-hybridized carbons (Fsp3) is 0.474. The summed E-state index contributed by atoms with van der Waals surface area (Å²) >= 11 is 0. The van der Waals surface area contributed by atoms with Crippen molar-refractivity contribution in [3.05, 3.63) is 42.1 Å². The molecule has 0 amide bonds. The lowest BCUT2D eigenvalue weighted by Crippen LogP contribution is -2.35. The van der Waals surface area contributed by atoms with Crippen LogP contribution >= 0.6 is 0 Å². The number of anilines is 1. The lowest BCUT2D eigenvalue weighted by atomic mass is 9.78. The van der Waals surface area contributed by atoms with E-state index in [0.29, 0.717) is 5.41 Å². The van der Waals surface area contributed by atoms with Gasteiger partial charge in [0.25, 0.3) is 0 Å². The average molecular weight is 310 g/mol. The summed E-state index contributed by atoms with van der Waals surface area (Å²) in [5, 5.41) is 6.85. The SMILES string of the molecule is Cc1cnc(NCCC2(C)CCNCC2)nc1-c1ccccc1. The van der Waals surface area contributed by atoms with E-state index in [-0.39, 0.29) is 0 Å². The molecule has 2 N–H and O–H groups in total. The smallest absolute Gasteiger partial charge is 0.223 e. The molecule has 0 bridgehead atoms. The Morgan fingerprint density at radius 3 is 2.65 bits per heavy atom. The fourth-order valence-corrected chi connectivity index (χ4v) is 3.17. The van der Waals surface area contributed by atoms with E-state index in [0.717, 1.165) is 48.8 Å². The van der Waals surface area contributed by atoms with Crippen molar-refractivity contribution in [2.75, 3.05) is 25.0 Å². The molecular weight excluding hydrogens is 284 g/mol. The Bertz CT molecular complexity index is 633. The van der Waals surface area contributed by atoms with E-state index in [9.17, 15) is 0 Å². The second-order valence-corrected chi connectivity index (χ2v) is 6.83. The van der Waals surface area contributed by atoms with Gasteiger partial charge in [0.1, 0.15) is 0 Å². The largest absolute Gasteiger partial charge is 0.354 e. The molecule has 1 aliphatic heterocycles. The number of hydrogen-bond acceptors (Lipinski definition) is 4. The van der Waals surface area contributed by atoms with Crippen molar-refractivity contribution >= 4 is 5.95 Å². The van der Waals surface area contributed by atoms with Gasteiger partial charge in [0, 0.05) is 18.3 Å². The highest BCUT2D eigenvalue weighted by Gasteiger charge is 2.25. The molecule has 1 fully saturated rings. The number of aromatic nitrogens is 2. The standard InChI is InChI=1S/C19H26N4/c1-15-14-22-18(23-17(15)16-6-4-3-5-7-16)21-13-10-19(2)8-11-20-12-9-19/h3-7,14,20H,8-13H2,1-2H3,(H,21,22,23). The van der Waals surface area contributed by atoms with Crippen LogP contribution in [-0.2, 0) is 0 Å². The Hall–Kier alpha value is -1.94. The first-order valence-corrected chi connectivity index (χ1v) is 8.50. The summed E-state index contributed by atoms with van der Waals surface area (Å²) in [5.41, 5.74) is 3.69. The van der Waals surface area contributed by atoms with Crippen molar-refractivity contribution < 1.29 is 0 Å². The lowest BCUT2D eigenvalue weighted by molar-refractivity contribution is 0.218. The molecule has 0 atom stereocenters. The van der Waals surface area contributed by atoms with E-state index in [1.807, 2.05) is 24.4 Å². The summed E-state index contributed by atoms with van der Waals surface area (Å²) < 4.78 is 0. The first-order chi connectivity index (χ1) is 11.2. The Balaban J connectivity index is 1.65. The van der Waals surface area contributed by atoms with Crippen LogP contribution in [-0.4, -0.2) is 29.6 Å². The summed E-state index contributed by atoms with van der Waals surface area (Å²) in [5.74, 6) is 0.729. The van der Waals surface area contributed by atoms with Gasteiger partial charge in [-0.05, 0) is 50.3 Å². The summed E-state index contributed by atoms with van der Waals surface area (Å²) in [6, 6.07) is 10.3. The van der Waals surface area contributed by atoms with Gasteiger partial charge in [0.05, 0.1) is 5.69 Å². The van der Waals surface area contributed by atoms with Gasteiger partial charge in [0.15, 0.2) is 0 Å². The van der Waals surface area contributed by atoms with Gasteiger partial charge in [-0.3, -0.25) is 0 Å². The third-order valence-corrected chi connectivity index (χ3v) is 4.84. The monoisotopic (exact) mass is 310 g/mol. The number of nitrogens with zero attached hydrogens (tertiary/aromatic N) is 2. The zero-order valence-corrected chi connectivity index (χ0v) is 14.1. The number of nitrogens with one attached hydrogen (secondary N) is 2. The maximum atomic E-state index is 4.71. The molecule has 3 rings (SSSR count). The number of rotatable bonds is 5. The quantitative estimate of drug-likeness (QED) is 0.885. The minimum atomic E-state index is 0.436. The molecule has 0 saturated carbocycles. The Morgan fingerprint density at radius 1 is 1.17 bits per heavy atom. The molecule has 2 aromatic rings. The molecule has 1 aromatic heterocycles. The van der Waals surface area contributed by atoms with Crippen molar-refractivity contribution in [2.45, 2.75) is 33.1 Å². The van der Waals surface area contributed by atoms with Crippen molar-refractivity contribution in [3.8, 4) is 11.3 Å². The highest BCUT2D eigenvalue weighted by Crippen LogP contribution is 2.31. The maximum Gasteiger partial charge on any atom is 0.223 e. The number of aryl methyl sites for hydroxylation is 1. The molecule has 2 heterocycles. The molecule has 0 radical (unpaired) electrons. The Kier molecular flexibility index (Phi) is 4.91. The summed E-state index contributed by atoms with van der Waals surface area (Å²) in [6.45, 7) is 7.64. The van der Waals surface area contributed by atoms with Crippen LogP contribution < -0.4 is 10.6 Å². The second kappa shape index (κ2) is 7.09. The van der Waals surface area contributed by atoms with Crippen molar-refractivity contribution in [1.29, 1.82) is 0 Å². The molecule has 0 unspecified atom stereocenters. The minimum absolute atomic E-state index is 0.436. The van der Waals surface area contributed by atoms with Crippen LogP contribution in [0.5, 0.6) is 0 Å². The predicted octanol–water partition coefficient (Wildman–Crippen LogP) is 3.64. The van der Waals surface area contributed by atoms with Crippen molar-refractivity contribution in [3.63, 3.8) is 0 Å². The van der Waals surface area contributed by atoms with Crippen LogP contribution in [0, 0.1) is 12.3 Å². The highest BCUT2D eigenvalue weighted by molar-refractivity contribution is 5.63. The van der Waals surface area contributed by atoms with Gasteiger partial charge in [-0.25, -0.2) is 9.97 Å². The fourth-order valence-electron chi connectivity index (χ4n) is 3.17. The summed E-state index contributed by atoms with van der Waals surface area (Å²) in [4.78, 5) is 9.15. The highest BCUT2D eigenvalue weighted by atomic mass is 15.1. The Labute approximate surface area is 138 Å². The van der Waals surface area contributed by atoms with E-state index in [1.54, 1.807) is 0 Å². The second-order valence-electron chi connectivity index (χ2n) is 6.83. The molecule has 1 saturated heterocycles. The zero-order chi connectivity index (χ0) is 16.1. The maximum absolute atomic E-state index is 4.71. The molecule has 122 valence electrons. The van der Waals surface area contributed by atoms with Gasteiger partial charge in [-0.1, -0.05) is 37.3 Å². The predicted molar refractivity (Wildman–Crippen MR) is 95.5 cm³/mol. The average Bonchev–Trinajstić information content (AvgIpc) is 2.58. The van der Waals surface area contributed by atoms with Crippen LogP contribution in [0.15, 0.2) is 36.5 Å². The first kappa shape index (κ1) is 15.9. The van der Waals surface area contributed by atoms with Crippen molar-refractivity contribution in [2.24, 2.45) is 5.41 Å². The van der Waals surface area contributed by atoms with E-state index < -0.39 is 0 Å². The van der Waals surface area contributed by atoms with E-state index in [1.165, 1.54) is 12.8 Å². The lowest BCUT2D eigenvalue weighted by Gasteiger charge is -2.34. The molecule has 0 aliphatic carbocycles. The summed E-state index contributed by atoms with van der Waals surface area (Å²) in [7, 11) is 0. The van der Waals surface area contributed by atoms with Crippen molar-refractivity contribution in [1.82, 2.24) is 15.3 Å². The van der Waals surface area contributed by atoms with Crippen LogP contribution in [0.25, 0.3) is 11.3 Å². The number of hydrogen-bond donors (Lipinski definition) is 2. The van der Waals surface area contributed by atoms with Crippen LogP contribution in [0.3, 0.4) is 0 Å². The van der Waals surface area contributed by atoms with Gasteiger partial charge >= 0.3 is 0 Å². The molecule has 23 heavy (non-hydrogen) atoms. The Morgan fingerprint density at radius 2 is 1.91 bits per heavy atom. The van der Waals surface area contributed by atoms with Crippen LogP contribution in [0.1, 0.15) is 31.7 Å². The van der Waals surface area contributed by atoms with Crippen LogP contribution in [0.4, 0.5) is 5.95 Å². The third-order valence-electron chi connectivity index (χ3n) is 4.84. The number of piperidine rings is 1. The van der Waals surface area contributed by atoms with E-state index in [4.69, 9.17) is 4.98 Å². The third kappa shape index (κ3) is 4.08. The molecule has 0 spiro atoms. The van der Waals surface area contributed by atoms with Gasteiger partial charge in [-0.2, -0.15) is 0 Å². The molecule has 1 aromatic carbocycles.